The quantitative estimate of drug-likeness (QED) is 0.565. The van der Waals surface area contributed by atoms with E-state index in [-0.39, 0.29) is 12.4 Å². The Morgan fingerprint density at radius 3 is 2.60 bits per heavy atom. The van der Waals surface area contributed by atoms with Crippen LogP contribution in [0.3, 0.4) is 0 Å². The summed E-state index contributed by atoms with van der Waals surface area (Å²) in [6, 6.07) is 4.39. The highest BCUT2D eigenvalue weighted by atomic mass is 32.2. The largest absolute Gasteiger partial charge is 0.468 e. The number of ketones is 1. The highest BCUT2D eigenvalue weighted by Crippen LogP contribution is 2.32. The summed E-state index contributed by atoms with van der Waals surface area (Å²) in [5.41, 5.74) is 0.183. The summed E-state index contributed by atoms with van der Waals surface area (Å²) < 4.78 is 37.7. The van der Waals surface area contributed by atoms with Crippen LogP contribution in [0.2, 0.25) is 0 Å². The Morgan fingerprint density at radius 2 is 1.90 bits per heavy atom. The molecule has 0 saturated carbocycles. The highest BCUT2D eigenvalue weighted by Gasteiger charge is 2.23. The minimum Gasteiger partial charge on any atom is -0.468 e. The molecule has 7 nitrogen and oxygen atoms in total. The molecule has 1 aliphatic rings. The van der Waals surface area contributed by atoms with Gasteiger partial charge in [-0.05, 0) is 18.2 Å². The van der Waals surface area contributed by atoms with Gasteiger partial charge in [0.1, 0.15) is 11.5 Å². The Hall–Kier alpha value is -2.09. The number of methoxy groups -OCH3 is 1. The van der Waals surface area contributed by atoms with Crippen LogP contribution in [0.1, 0.15) is 10.4 Å². The van der Waals surface area contributed by atoms with Crippen LogP contribution in [0.5, 0.6) is 11.5 Å². The number of hydrogen-bond donors (Lipinski definition) is 0. The van der Waals surface area contributed by atoms with E-state index in [0.29, 0.717) is 11.5 Å². The summed E-state index contributed by atoms with van der Waals surface area (Å²) in [6.45, 7) is 0.0631. The van der Waals surface area contributed by atoms with Crippen molar-refractivity contribution in [2.45, 2.75) is 0 Å². The van der Waals surface area contributed by atoms with Gasteiger partial charge in [-0.25, -0.2) is 8.42 Å². The molecule has 0 spiro atoms. The number of ether oxygens (including phenoxy) is 3. The third-order valence-corrected chi connectivity index (χ3v) is 3.99. The third kappa shape index (κ3) is 3.27. The predicted molar refractivity (Wildman–Crippen MR) is 67.6 cm³/mol. The molecule has 0 N–H and O–H groups in total. The monoisotopic (exact) mass is 300 g/mol. The first-order valence-corrected chi connectivity index (χ1v) is 7.43. The molecular weight excluding hydrogens is 288 g/mol. The van der Waals surface area contributed by atoms with Crippen LogP contribution in [-0.4, -0.2) is 45.6 Å². The SMILES string of the molecule is COC(=O)CS(=O)(=O)CC(=O)c1ccc2c(c1)OCO2. The van der Waals surface area contributed by atoms with E-state index in [2.05, 4.69) is 4.74 Å². The maximum Gasteiger partial charge on any atom is 0.320 e. The second-order valence-electron chi connectivity index (χ2n) is 4.10. The Bertz CT molecular complexity index is 648. The van der Waals surface area contributed by atoms with Gasteiger partial charge in [0, 0.05) is 5.56 Å². The van der Waals surface area contributed by atoms with Gasteiger partial charge in [0.25, 0.3) is 0 Å². The van der Waals surface area contributed by atoms with E-state index >= 15 is 0 Å². The molecule has 0 amide bonds. The van der Waals surface area contributed by atoms with Crippen molar-refractivity contribution in [3.05, 3.63) is 23.8 Å². The number of Topliss-reactive ketones (excluding diaryl/α,β-unsaturated/α-hetero) is 1. The van der Waals surface area contributed by atoms with Gasteiger partial charge in [-0.3, -0.25) is 9.59 Å². The topological polar surface area (TPSA) is 96.0 Å². The van der Waals surface area contributed by atoms with Crippen molar-refractivity contribution >= 4 is 21.6 Å². The molecule has 1 aromatic rings. The minimum atomic E-state index is -3.85. The lowest BCUT2D eigenvalue weighted by molar-refractivity contribution is -0.137. The molecule has 0 unspecified atom stereocenters. The van der Waals surface area contributed by atoms with Gasteiger partial charge in [0.2, 0.25) is 6.79 Å². The zero-order valence-corrected chi connectivity index (χ0v) is 11.4. The first-order chi connectivity index (χ1) is 9.41. The van der Waals surface area contributed by atoms with Crippen molar-refractivity contribution in [2.75, 3.05) is 25.4 Å². The third-order valence-electron chi connectivity index (χ3n) is 2.61. The average molecular weight is 300 g/mol. The summed E-state index contributed by atoms with van der Waals surface area (Å²) in [4.78, 5) is 22.9. The molecular formula is C12H12O7S. The van der Waals surface area contributed by atoms with Crippen molar-refractivity contribution in [3.63, 3.8) is 0 Å². The summed E-state index contributed by atoms with van der Waals surface area (Å²) >= 11 is 0. The molecule has 20 heavy (non-hydrogen) atoms. The zero-order valence-electron chi connectivity index (χ0n) is 10.6. The Kier molecular flexibility index (Phi) is 3.93. The lowest BCUT2D eigenvalue weighted by Crippen LogP contribution is -2.24. The number of carbonyl (C=O) groups is 2. The summed E-state index contributed by atoms with van der Waals surface area (Å²) in [6.07, 6.45) is 0. The molecule has 2 rings (SSSR count). The molecule has 0 aromatic heterocycles. The fourth-order valence-electron chi connectivity index (χ4n) is 1.64. The van der Waals surface area contributed by atoms with Crippen LogP contribution in [-0.2, 0) is 19.4 Å². The van der Waals surface area contributed by atoms with Crippen molar-refractivity contribution in [2.24, 2.45) is 0 Å². The number of fused-ring (bicyclic) bond motifs is 1. The maximum absolute atomic E-state index is 11.9. The van der Waals surface area contributed by atoms with Crippen LogP contribution < -0.4 is 9.47 Å². The van der Waals surface area contributed by atoms with Gasteiger partial charge < -0.3 is 14.2 Å². The average Bonchev–Trinajstić information content (AvgIpc) is 2.84. The van der Waals surface area contributed by atoms with E-state index in [9.17, 15) is 18.0 Å². The normalized spacial score (nSPS) is 13.1. The fourth-order valence-corrected chi connectivity index (χ4v) is 2.79. The van der Waals surface area contributed by atoms with Crippen LogP contribution in [0.4, 0.5) is 0 Å². The lowest BCUT2D eigenvalue weighted by Gasteiger charge is -2.04. The molecule has 0 bridgehead atoms. The van der Waals surface area contributed by atoms with Crippen molar-refractivity contribution in [3.8, 4) is 11.5 Å². The molecule has 1 heterocycles. The Balaban J connectivity index is 2.10. The minimum absolute atomic E-state index is 0.0631. The highest BCUT2D eigenvalue weighted by molar-refractivity contribution is 7.92. The second kappa shape index (κ2) is 5.49. The van der Waals surface area contributed by atoms with Crippen LogP contribution in [0.25, 0.3) is 0 Å². The van der Waals surface area contributed by atoms with Crippen LogP contribution >= 0.6 is 0 Å². The van der Waals surface area contributed by atoms with Gasteiger partial charge in [-0.15, -0.1) is 0 Å². The molecule has 8 heteroatoms. The second-order valence-corrected chi connectivity index (χ2v) is 6.16. The smallest absolute Gasteiger partial charge is 0.320 e. The Morgan fingerprint density at radius 1 is 1.20 bits per heavy atom. The Labute approximate surface area is 115 Å². The van der Waals surface area contributed by atoms with E-state index < -0.39 is 33.1 Å². The fraction of sp³-hybridized carbons (Fsp3) is 0.333. The van der Waals surface area contributed by atoms with Crippen molar-refractivity contribution in [1.82, 2.24) is 0 Å². The van der Waals surface area contributed by atoms with Crippen molar-refractivity contribution in [1.29, 1.82) is 0 Å². The zero-order chi connectivity index (χ0) is 14.8. The molecule has 0 fully saturated rings. The number of esters is 1. The number of hydrogen-bond acceptors (Lipinski definition) is 7. The van der Waals surface area contributed by atoms with Gasteiger partial charge in [-0.2, -0.15) is 0 Å². The van der Waals surface area contributed by atoms with Gasteiger partial charge >= 0.3 is 5.97 Å². The van der Waals surface area contributed by atoms with Gasteiger partial charge in [0.05, 0.1) is 7.11 Å². The molecule has 0 saturated heterocycles. The molecule has 1 aliphatic heterocycles. The number of carbonyl (C=O) groups excluding carboxylic acids is 2. The maximum atomic E-state index is 11.9. The number of sulfone groups is 1. The lowest BCUT2D eigenvalue weighted by atomic mass is 10.1. The van der Waals surface area contributed by atoms with Gasteiger partial charge in [-0.1, -0.05) is 0 Å². The van der Waals surface area contributed by atoms with Gasteiger partial charge in [0.15, 0.2) is 27.1 Å². The van der Waals surface area contributed by atoms with E-state index in [1.54, 1.807) is 0 Å². The first-order valence-electron chi connectivity index (χ1n) is 5.61. The van der Waals surface area contributed by atoms with E-state index in [1.165, 1.54) is 18.2 Å². The summed E-state index contributed by atoms with van der Waals surface area (Å²) in [5, 5.41) is 0. The predicted octanol–water partition coefficient (Wildman–Crippen LogP) is 0.186. The molecule has 108 valence electrons. The van der Waals surface area contributed by atoms with Crippen molar-refractivity contribution < 1.29 is 32.2 Å². The molecule has 0 radical (unpaired) electrons. The van der Waals surface area contributed by atoms with E-state index in [1.807, 2.05) is 0 Å². The summed E-state index contributed by atoms with van der Waals surface area (Å²) in [5.74, 6) is -2.21. The van der Waals surface area contributed by atoms with Crippen LogP contribution in [0.15, 0.2) is 18.2 Å². The molecule has 0 atom stereocenters. The molecule has 1 aromatic carbocycles. The number of rotatable bonds is 5. The molecule has 0 aliphatic carbocycles. The first kappa shape index (κ1) is 14.3. The van der Waals surface area contributed by atoms with Crippen LogP contribution in [0, 0.1) is 0 Å². The summed E-state index contributed by atoms with van der Waals surface area (Å²) in [7, 11) is -2.77. The standard InChI is InChI=1S/C12H12O7S/c1-17-12(14)6-20(15,16)5-9(13)8-2-3-10-11(4-8)19-7-18-10/h2-4H,5-7H2,1H3. The van der Waals surface area contributed by atoms with E-state index in [0.717, 1.165) is 7.11 Å². The van der Waals surface area contributed by atoms with E-state index in [4.69, 9.17) is 9.47 Å². The number of benzene rings is 1.